The largest absolute Gasteiger partial charge is 0.273 e. The van der Waals surface area contributed by atoms with Crippen LogP contribution in [0.3, 0.4) is 0 Å². The first-order chi connectivity index (χ1) is 9.70. The zero-order valence-electron chi connectivity index (χ0n) is 11.8. The van der Waals surface area contributed by atoms with Crippen LogP contribution < -0.4 is 4.90 Å². The molecule has 2 fully saturated rings. The number of amides is 2. The minimum Gasteiger partial charge on any atom is -0.273 e. The van der Waals surface area contributed by atoms with E-state index < -0.39 is 5.41 Å². The Kier molecular flexibility index (Phi) is 3.20. The number of imide groups is 1. The van der Waals surface area contributed by atoms with E-state index in [-0.39, 0.29) is 11.8 Å². The fourth-order valence-corrected chi connectivity index (χ4v) is 3.60. The van der Waals surface area contributed by atoms with Crippen molar-refractivity contribution in [3.05, 3.63) is 42.0 Å². The van der Waals surface area contributed by atoms with Gasteiger partial charge < -0.3 is 0 Å². The second kappa shape index (κ2) is 4.89. The molecule has 0 aromatic heterocycles. The third-order valence-corrected chi connectivity index (χ3v) is 4.57. The van der Waals surface area contributed by atoms with E-state index in [9.17, 15) is 9.59 Å². The third-order valence-electron chi connectivity index (χ3n) is 4.57. The van der Waals surface area contributed by atoms with Crippen LogP contribution in [0.4, 0.5) is 5.69 Å². The molecule has 2 amide bonds. The van der Waals surface area contributed by atoms with Crippen molar-refractivity contribution < 1.29 is 9.59 Å². The van der Waals surface area contributed by atoms with Crippen molar-refractivity contribution in [1.29, 1.82) is 0 Å². The van der Waals surface area contributed by atoms with E-state index in [1.54, 1.807) is 0 Å². The Labute approximate surface area is 119 Å². The summed E-state index contributed by atoms with van der Waals surface area (Å²) in [7, 11) is 0. The maximum absolute atomic E-state index is 12.9. The second-order valence-electron chi connectivity index (χ2n) is 5.63. The Hall–Kier alpha value is -1.90. The topological polar surface area (TPSA) is 37.4 Å². The van der Waals surface area contributed by atoms with E-state index in [0.717, 1.165) is 32.1 Å². The molecule has 1 aliphatic carbocycles. The number of para-hydroxylation sites is 1. The number of nitrogens with zero attached hydrogens (tertiary/aromatic N) is 1. The van der Waals surface area contributed by atoms with Crippen molar-refractivity contribution in [3.8, 4) is 0 Å². The smallest absolute Gasteiger partial charge is 0.261 e. The van der Waals surface area contributed by atoms with Crippen LogP contribution in [0.15, 0.2) is 42.0 Å². The number of carbonyl (C=O) groups excluding carboxylic acids is 2. The van der Waals surface area contributed by atoms with E-state index in [1.165, 1.54) is 4.90 Å². The molecule has 104 valence electrons. The van der Waals surface area contributed by atoms with Crippen LogP contribution >= 0.6 is 0 Å². The van der Waals surface area contributed by atoms with Gasteiger partial charge in [0.05, 0.1) is 11.1 Å². The first-order valence-corrected chi connectivity index (χ1v) is 7.31. The van der Waals surface area contributed by atoms with Crippen LogP contribution in [0.1, 0.15) is 39.0 Å². The predicted octanol–water partition coefficient (Wildman–Crippen LogP) is 3.46. The van der Waals surface area contributed by atoms with Crippen LogP contribution in [0, 0.1) is 5.41 Å². The second-order valence-corrected chi connectivity index (χ2v) is 5.63. The number of anilines is 1. The number of benzene rings is 1. The lowest BCUT2D eigenvalue weighted by Gasteiger charge is -2.31. The first-order valence-electron chi connectivity index (χ1n) is 7.31. The molecular formula is C17H19NO2. The molecule has 3 heteroatoms. The summed E-state index contributed by atoms with van der Waals surface area (Å²) in [4.78, 5) is 27.0. The summed E-state index contributed by atoms with van der Waals surface area (Å²) < 4.78 is 0. The van der Waals surface area contributed by atoms with Crippen LogP contribution in [-0.4, -0.2) is 11.8 Å². The van der Waals surface area contributed by atoms with Gasteiger partial charge in [0, 0.05) is 5.57 Å². The normalized spacial score (nSPS) is 23.9. The molecule has 1 spiro atoms. The van der Waals surface area contributed by atoms with Crippen LogP contribution in [0.5, 0.6) is 0 Å². The molecule has 0 unspecified atom stereocenters. The van der Waals surface area contributed by atoms with E-state index in [4.69, 9.17) is 0 Å². The van der Waals surface area contributed by atoms with Crippen molar-refractivity contribution in [2.24, 2.45) is 5.41 Å². The van der Waals surface area contributed by atoms with Crippen LogP contribution in [0.25, 0.3) is 0 Å². The molecule has 0 N–H and O–H groups in total. The Morgan fingerprint density at radius 2 is 1.70 bits per heavy atom. The number of hydrogen-bond donors (Lipinski definition) is 0. The van der Waals surface area contributed by atoms with E-state index in [0.29, 0.717) is 11.3 Å². The molecule has 0 radical (unpaired) electrons. The highest BCUT2D eigenvalue weighted by Crippen LogP contribution is 2.49. The van der Waals surface area contributed by atoms with Gasteiger partial charge in [-0.25, -0.2) is 4.90 Å². The highest BCUT2D eigenvalue weighted by atomic mass is 16.2. The highest BCUT2D eigenvalue weighted by molar-refractivity contribution is 6.31. The van der Waals surface area contributed by atoms with Gasteiger partial charge in [-0.2, -0.15) is 0 Å². The molecule has 2 aliphatic rings. The van der Waals surface area contributed by atoms with Gasteiger partial charge in [0.25, 0.3) is 5.91 Å². The van der Waals surface area contributed by atoms with Crippen LogP contribution in [-0.2, 0) is 9.59 Å². The maximum atomic E-state index is 12.9. The quantitative estimate of drug-likeness (QED) is 0.578. The van der Waals surface area contributed by atoms with E-state index in [1.807, 2.05) is 43.3 Å². The SMILES string of the molecule is C/C=C1\C(=O)N(c2ccccc2)C(=O)C12CCCCC2. The standard InChI is InChI=1S/C17H19NO2/c1-2-14-15(19)18(13-9-5-3-6-10-13)16(20)17(14)11-7-4-8-12-17/h2-3,5-6,9-10H,4,7-8,11-12H2,1H3/b14-2+. The summed E-state index contributed by atoms with van der Waals surface area (Å²) in [5.74, 6) is -0.160. The van der Waals surface area contributed by atoms with Gasteiger partial charge in [0.15, 0.2) is 0 Å². The Morgan fingerprint density at radius 1 is 1.05 bits per heavy atom. The molecule has 1 aliphatic heterocycles. The van der Waals surface area contributed by atoms with Gasteiger partial charge in [0.1, 0.15) is 0 Å². The van der Waals surface area contributed by atoms with Crippen molar-refractivity contribution in [1.82, 2.24) is 0 Å². The molecule has 1 saturated heterocycles. The highest BCUT2D eigenvalue weighted by Gasteiger charge is 2.55. The molecule has 20 heavy (non-hydrogen) atoms. The number of hydrogen-bond acceptors (Lipinski definition) is 2. The monoisotopic (exact) mass is 269 g/mol. The molecule has 1 aromatic rings. The Bertz CT molecular complexity index is 568. The summed E-state index contributed by atoms with van der Waals surface area (Å²) in [6.07, 6.45) is 6.67. The van der Waals surface area contributed by atoms with Crippen LogP contribution in [0.2, 0.25) is 0 Å². The van der Waals surface area contributed by atoms with Crippen molar-refractivity contribution in [2.75, 3.05) is 4.90 Å². The summed E-state index contributed by atoms with van der Waals surface area (Å²) >= 11 is 0. The fourth-order valence-electron chi connectivity index (χ4n) is 3.60. The first kappa shape index (κ1) is 13.1. The number of carbonyl (C=O) groups is 2. The zero-order chi connectivity index (χ0) is 14.2. The summed E-state index contributed by atoms with van der Waals surface area (Å²) in [6.45, 7) is 1.87. The summed E-state index contributed by atoms with van der Waals surface area (Å²) in [6, 6.07) is 9.26. The average molecular weight is 269 g/mol. The van der Waals surface area contributed by atoms with E-state index in [2.05, 4.69) is 0 Å². The lowest BCUT2D eigenvalue weighted by atomic mass is 9.70. The molecule has 3 rings (SSSR count). The molecule has 1 saturated carbocycles. The van der Waals surface area contributed by atoms with Gasteiger partial charge in [0.2, 0.25) is 5.91 Å². The molecular weight excluding hydrogens is 250 g/mol. The molecule has 0 bridgehead atoms. The number of allylic oxidation sites excluding steroid dienone is 1. The van der Waals surface area contributed by atoms with Gasteiger partial charge in [-0.15, -0.1) is 0 Å². The Balaban J connectivity index is 2.07. The Morgan fingerprint density at radius 3 is 2.30 bits per heavy atom. The molecule has 3 nitrogen and oxygen atoms in total. The van der Waals surface area contributed by atoms with Crippen molar-refractivity contribution in [2.45, 2.75) is 39.0 Å². The van der Waals surface area contributed by atoms with Gasteiger partial charge in [-0.1, -0.05) is 43.5 Å². The third kappa shape index (κ3) is 1.73. The predicted molar refractivity (Wildman–Crippen MR) is 78.2 cm³/mol. The minimum atomic E-state index is -0.556. The summed E-state index contributed by atoms with van der Waals surface area (Å²) in [5.41, 5.74) is 0.829. The average Bonchev–Trinajstić information content (AvgIpc) is 2.68. The lowest BCUT2D eigenvalue weighted by Crippen LogP contribution is -2.37. The van der Waals surface area contributed by atoms with Crippen molar-refractivity contribution >= 4 is 17.5 Å². The molecule has 0 atom stereocenters. The van der Waals surface area contributed by atoms with Gasteiger partial charge in [-0.05, 0) is 31.9 Å². The van der Waals surface area contributed by atoms with E-state index >= 15 is 0 Å². The van der Waals surface area contributed by atoms with Gasteiger partial charge in [-0.3, -0.25) is 9.59 Å². The maximum Gasteiger partial charge on any atom is 0.261 e. The van der Waals surface area contributed by atoms with Crippen molar-refractivity contribution in [3.63, 3.8) is 0 Å². The van der Waals surface area contributed by atoms with Gasteiger partial charge >= 0.3 is 0 Å². The lowest BCUT2D eigenvalue weighted by molar-refractivity contribution is -0.126. The zero-order valence-corrected chi connectivity index (χ0v) is 11.8. The molecule has 1 heterocycles. The minimum absolute atomic E-state index is 0.0264. The molecule has 1 aromatic carbocycles. The fraction of sp³-hybridized carbons (Fsp3) is 0.412. The number of rotatable bonds is 1. The summed E-state index contributed by atoms with van der Waals surface area (Å²) in [5, 5.41) is 0.